The average Bonchev–Trinajstić information content (AvgIpc) is 2.89. The molecule has 0 bridgehead atoms. The third-order valence-corrected chi connectivity index (χ3v) is 6.61. The van der Waals surface area contributed by atoms with E-state index in [1.807, 2.05) is 0 Å². The highest BCUT2D eigenvalue weighted by atomic mass is 16.5. The van der Waals surface area contributed by atoms with Crippen molar-refractivity contribution in [1.82, 2.24) is 0 Å². The first-order valence-electron chi connectivity index (χ1n) is 16.2. The molecule has 0 aliphatic carbocycles. The van der Waals surface area contributed by atoms with Crippen molar-refractivity contribution in [2.24, 2.45) is 0 Å². The standard InChI is InChI=1S/C18H34O2.C16H30O2/c1-2-3-4-5-6-7-8-9-10-11-12-13-14-15-16-17-18(19)20;1-3-4-5-6-7-8-9-10-11-12-13-14-15-18-16(2)17/h5-6H,2-4,7-17H2,1H3,(H,19,20);6-7H,3-5,8-15H2,1-2H3/b6-5-;7-6-. The van der Waals surface area contributed by atoms with Crippen LogP contribution < -0.4 is 0 Å². The molecule has 0 aromatic rings. The van der Waals surface area contributed by atoms with Gasteiger partial charge in [0.1, 0.15) is 0 Å². The summed E-state index contributed by atoms with van der Waals surface area (Å²) < 4.78 is 4.89. The van der Waals surface area contributed by atoms with Crippen molar-refractivity contribution >= 4 is 11.9 Å². The molecule has 0 heterocycles. The van der Waals surface area contributed by atoms with Crippen LogP contribution >= 0.6 is 0 Å². The summed E-state index contributed by atoms with van der Waals surface area (Å²) in [4.78, 5) is 20.8. The second-order valence-corrected chi connectivity index (χ2v) is 10.6. The molecule has 0 rings (SSSR count). The number of ether oxygens (including phenoxy) is 1. The highest BCUT2D eigenvalue weighted by Gasteiger charge is 1.97. The smallest absolute Gasteiger partial charge is 0.303 e. The summed E-state index contributed by atoms with van der Waals surface area (Å²) in [6, 6.07) is 0. The minimum Gasteiger partial charge on any atom is -0.481 e. The van der Waals surface area contributed by atoms with E-state index >= 15 is 0 Å². The van der Waals surface area contributed by atoms with E-state index in [4.69, 9.17) is 9.84 Å². The predicted octanol–water partition coefficient (Wildman–Crippen LogP) is 11.1. The van der Waals surface area contributed by atoms with E-state index < -0.39 is 5.97 Å². The number of unbranched alkanes of at least 4 members (excludes halogenated alkanes) is 19. The maximum absolute atomic E-state index is 10.5. The Morgan fingerprint density at radius 1 is 0.526 bits per heavy atom. The summed E-state index contributed by atoms with van der Waals surface area (Å²) in [7, 11) is 0. The van der Waals surface area contributed by atoms with Crippen LogP contribution in [0.2, 0.25) is 0 Å². The normalized spacial score (nSPS) is 11.1. The van der Waals surface area contributed by atoms with Crippen LogP contribution in [0.15, 0.2) is 24.3 Å². The van der Waals surface area contributed by atoms with Gasteiger partial charge in [0, 0.05) is 13.3 Å². The molecule has 0 spiro atoms. The minimum absolute atomic E-state index is 0.162. The van der Waals surface area contributed by atoms with Gasteiger partial charge in [0.15, 0.2) is 0 Å². The third-order valence-electron chi connectivity index (χ3n) is 6.61. The van der Waals surface area contributed by atoms with E-state index in [0.29, 0.717) is 13.0 Å². The molecule has 0 fully saturated rings. The Morgan fingerprint density at radius 2 is 0.868 bits per heavy atom. The van der Waals surface area contributed by atoms with E-state index in [-0.39, 0.29) is 5.97 Å². The second-order valence-electron chi connectivity index (χ2n) is 10.6. The zero-order chi connectivity index (χ0) is 28.4. The number of carbonyl (C=O) groups is 2. The van der Waals surface area contributed by atoms with Gasteiger partial charge >= 0.3 is 11.9 Å². The van der Waals surface area contributed by atoms with Crippen LogP contribution in [-0.2, 0) is 14.3 Å². The summed E-state index contributed by atoms with van der Waals surface area (Å²) in [6.45, 7) is 6.53. The SMILES string of the molecule is CCCC/C=C\CCCCCCCCCCCC(=O)O.CCCC/C=C\CCCCCCCCOC(C)=O. The lowest BCUT2D eigenvalue weighted by atomic mass is 10.1. The lowest BCUT2D eigenvalue weighted by molar-refractivity contribution is -0.141. The molecule has 0 aromatic carbocycles. The van der Waals surface area contributed by atoms with Crippen molar-refractivity contribution in [2.45, 2.75) is 175 Å². The largest absolute Gasteiger partial charge is 0.481 e. The molecule has 0 radical (unpaired) electrons. The number of carboxylic acids is 1. The van der Waals surface area contributed by atoms with Gasteiger partial charge in [-0.3, -0.25) is 9.59 Å². The second kappa shape index (κ2) is 35.4. The molecule has 0 atom stereocenters. The Hall–Kier alpha value is -1.58. The zero-order valence-electron chi connectivity index (χ0n) is 25.7. The topological polar surface area (TPSA) is 63.6 Å². The van der Waals surface area contributed by atoms with Gasteiger partial charge in [0.05, 0.1) is 6.61 Å². The van der Waals surface area contributed by atoms with Gasteiger partial charge in [0.2, 0.25) is 0 Å². The van der Waals surface area contributed by atoms with E-state index in [0.717, 1.165) is 19.3 Å². The Morgan fingerprint density at radius 3 is 1.24 bits per heavy atom. The first-order valence-corrected chi connectivity index (χ1v) is 16.2. The summed E-state index contributed by atoms with van der Waals surface area (Å²) >= 11 is 0. The number of hydrogen-bond acceptors (Lipinski definition) is 3. The molecule has 4 nitrogen and oxygen atoms in total. The van der Waals surface area contributed by atoms with Gasteiger partial charge in [-0.1, -0.05) is 134 Å². The highest BCUT2D eigenvalue weighted by Crippen LogP contribution is 2.12. The Balaban J connectivity index is 0. The van der Waals surface area contributed by atoms with Crippen LogP contribution in [0.4, 0.5) is 0 Å². The van der Waals surface area contributed by atoms with Gasteiger partial charge in [-0.2, -0.15) is 0 Å². The summed E-state index contributed by atoms with van der Waals surface area (Å²) in [5.41, 5.74) is 0. The monoisotopic (exact) mass is 536 g/mol. The number of rotatable bonds is 27. The lowest BCUT2D eigenvalue weighted by Gasteiger charge is -2.02. The van der Waals surface area contributed by atoms with Crippen LogP contribution in [-0.4, -0.2) is 23.7 Å². The molecule has 0 aromatic heterocycles. The van der Waals surface area contributed by atoms with E-state index in [1.165, 1.54) is 135 Å². The van der Waals surface area contributed by atoms with Crippen molar-refractivity contribution < 1.29 is 19.4 Å². The quantitative estimate of drug-likeness (QED) is 0.0644. The molecule has 0 amide bonds. The van der Waals surface area contributed by atoms with Crippen LogP contribution in [0, 0.1) is 0 Å². The number of allylic oxidation sites excluding steroid dienone is 4. The number of carbonyl (C=O) groups excluding carboxylic acids is 1. The summed E-state index contributed by atoms with van der Waals surface area (Å²) in [5, 5.41) is 8.51. The van der Waals surface area contributed by atoms with Gasteiger partial charge < -0.3 is 9.84 Å². The number of aliphatic carboxylic acids is 1. The van der Waals surface area contributed by atoms with Gasteiger partial charge in [-0.15, -0.1) is 0 Å². The van der Waals surface area contributed by atoms with E-state index in [9.17, 15) is 9.59 Å². The first kappa shape index (κ1) is 38.6. The molecule has 0 saturated carbocycles. The third kappa shape index (κ3) is 41.5. The fourth-order valence-electron chi connectivity index (χ4n) is 4.18. The Labute approximate surface area is 237 Å². The molecular formula is C34H64O4. The van der Waals surface area contributed by atoms with Crippen molar-refractivity contribution in [2.75, 3.05) is 6.61 Å². The highest BCUT2D eigenvalue weighted by molar-refractivity contribution is 5.66. The molecule has 4 heteroatoms. The maximum atomic E-state index is 10.5. The van der Waals surface area contributed by atoms with Crippen molar-refractivity contribution in [3.8, 4) is 0 Å². The number of esters is 1. The van der Waals surface area contributed by atoms with Crippen molar-refractivity contribution in [1.29, 1.82) is 0 Å². The molecule has 0 aliphatic heterocycles. The number of carboxylic acid groups (broad SMARTS) is 1. The molecule has 0 saturated heterocycles. The van der Waals surface area contributed by atoms with Gasteiger partial charge in [0.25, 0.3) is 0 Å². The lowest BCUT2D eigenvalue weighted by Crippen LogP contribution is -1.99. The van der Waals surface area contributed by atoms with Crippen molar-refractivity contribution in [3.05, 3.63) is 24.3 Å². The predicted molar refractivity (Wildman–Crippen MR) is 165 cm³/mol. The summed E-state index contributed by atoms with van der Waals surface area (Å²) in [5.74, 6) is -0.821. The minimum atomic E-state index is -0.659. The molecular weight excluding hydrogens is 472 g/mol. The molecule has 224 valence electrons. The Bertz CT molecular complexity index is 539. The van der Waals surface area contributed by atoms with Gasteiger partial charge in [-0.05, 0) is 51.4 Å². The fraction of sp³-hybridized carbons (Fsp3) is 0.824. The molecule has 1 N–H and O–H groups in total. The molecule has 0 unspecified atom stereocenters. The van der Waals surface area contributed by atoms with E-state index in [1.54, 1.807) is 0 Å². The van der Waals surface area contributed by atoms with Crippen molar-refractivity contribution in [3.63, 3.8) is 0 Å². The van der Waals surface area contributed by atoms with Gasteiger partial charge in [-0.25, -0.2) is 0 Å². The maximum Gasteiger partial charge on any atom is 0.303 e. The van der Waals surface area contributed by atoms with Crippen LogP contribution in [0.5, 0.6) is 0 Å². The molecule has 0 aliphatic rings. The number of hydrogen-bond donors (Lipinski definition) is 1. The fourth-order valence-corrected chi connectivity index (χ4v) is 4.18. The Kier molecular flexibility index (Phi) is 35.9. The average molecular weight is 537 g/mol. The van der Waals surface area contributed by atoms with E-state index in [2.05, 4.69) is 38.2 Å². The first-order chi connectivity index (χ1) is 18.5. The summed E-state index contributed by atoms with van der Waals surface area (Å²) in [6.07, 6.45) is 38.4. The van der Waals surface area contributed by atoms with Crippen LogP contribution in [0.3, 0.4) is 0 Å². The molecule has 38 heavy (non-hydrogen) atoms. The van der Waals surface area contributed by atoms with Crippen LogP contribution in [0.1, 0.15) is 175 Å². The zero-order valence-corrected chi connectivity index (χ0v) is 25.7. The van der Waals surface area contributed by atoms with Crippen LogP contribution in [0.25, 0.3) is 0 Å².